The topological polar surface area (TPSA) is 44.1 Å². The predicted molar refractivity (Wildman–Crippen MR) is 78.4 cm³/mol. The Labute approximate surface area is 119 Å². The van der Waals surface area contributed by atoms with E-state index in [1.807, 2.05) is 30.7 Å². The summed E-state index contributed by atoms with van der Waals surface area (Å²) < 4.78 is 7.05. The fraction of sp³-hybridized carbons (Fsp3) is 0.375. The molecule has 1 aromatic carbocycles. The molecule has 20 heavy (non-hydrogen) atoms. The Morgan fingerprint density at radius 2 is 1.90 bits per heavy atom. The van der Waals surface area contributed by atoms with Crippen LogP contribution in [0.1, 0.15) is 34.2 Å². The second-order valence-electron chi connectivity index (χ2n) is 4.92. The minimum atomic E-state index is 0.0793. The molecule has 4 heteroatoms. The number of benzene rings is 1. The highest BCUT2D eigenvalue weighted by molar-refractivity contribution is 5.96. The van der Waals surface area contributed by atoms with E-state index in [0.29, 0.717) is 0 Å². The summed E-state index contributed by atoms with van der Waals surface area (Å²) in [5, 5.41) is 4.45. The summed E-state index contributed by atoms with van der Waals surface area (Å²) in [4.78, 5) is 11.6. The number of carbonyl (C=O) groups excluding carboxylic acids is 1. The van der Waals surface area contributed by atoms with Crippen LogP contribution in [0, 0.1) is 13.8 Å². The Bertz CT molecular complexity index is 612. The highest BCUT2D eigenvalue weighted by atomic mass is 16.5. The Morgan fingerprint density at radius 1 is 1.25 bits per heavy atom. The molecule has 0 N–H and O–H groups in total. The largest absolute Gasteiger partial charge is 0.497 e. The molecule has 1 aromatic heterocycles. The van der Waals surface area contributed by atoms with Crippen LogP contribution in [0.15, 0.2) is 24.3 Å². The molecular weight excluding hydrogens is 252 g/mol. The Morgan fingerprint density at radius 3 is 2.40 bits per heavy atom. The molecule has 0 radical (unpaired) electrons. The highest BCUT2D eigenvalue weighted by Crippen LogP contribution is 2.16. The molecule has 0 bridgehead atoms. The van der Waals surface area contributed by atoms with E-state index in [2.05, 4.69) is 17.2 Å². The van der Waals surface area contributed by atoms with Crippen LogP contribution in [0.3, 0.4) is 0 Å². The van der Waals surface area contributed by atoms with Crippen LogP contribution in [0.4, 0.5) is 0 Å². The van der Waals surface area contributed by atoms with Crippen LogP contribution in [-0.2, 0) is 13.0 Å². The number of aryl methyl sites for hydroxylation is 3. The van der Waals surface area contributed by atoms with E-state index in [4.69, 9.17) is 4.74 Å². The van der Waals surface area contributed by atoms with Crippen LogP contribution >= 0.6 is 0 Å². The lowest BCUT2D eigenvalue weighted by molar-refractivity contribution is 0.101. The van der Waals surface area contributed by atoms with Crippen molar-refractivity contribution < 1.29 is 9.53 Å². The van der Waals surface area contributed by atoms with Gasteiger partial charge in [0.2, 0.25) is 0 Å². The number of hydrogen-bond donors (Lipinski definition) is 0. The standard InChI is InChI=1S/C16H20N2O2/c1-11-16(13(3)19)12(2)18(17-11)10-9-14-5-7-15(20-4)8-6-14/h5-8H,9-10H2,1-4H3. The zero-order valence-electron chi connectivity index (χ0n) is 12.4. The first-order valence-corrected chi connectivity index (χ1v) is 6.70. The van der Waals surface area contributed by atoms with Crippen molar-refractivity contribution in [2.24, 2.45) is 0 Å². The first kappa shape index (κ1) is 14.3. The van der Waals surface area contributed by atoms with E-state index in [1.54, 1.807) is 14.0 Å². The second kappa shape index (κ2) is 5.90. The van der Waals surface area contributed by atoms with E-state index in [9.17, 15) is 4.79 Å². The van der Waals surface area contributed by atoms with Gasteiger partial charge in [-0.25, -0.2) is 0 Å². The third-order valence-corrected chi connectivity index (χ3v) is 3.50. The molecule has 0 atom stereocenters. The summed E-state index contributed by atoms with van der Waals surface area (Å²) in [7, 11) is 1.66. The Balaban J connectivity index is 2.10. The molecule has 0 saturated heterocycles. The molecule has 0 saturated carbocycles. The van der Waals surface area contributed by atoms with Gasteiger partial charge in [-0.1, -0.05) is 12.1 Å². The van der Waals surface area contributed by atoms with Crippen LogP contribution in [0.2, 0.25) is 0 Å². The molecule has 0 aliphatic rings. The average molecular weight is 272 g/mol. The van der Waals surface area contributed by atoms with Crippen LogP contribution in [-0.4, -0.2) is 22.7 Å². The zero-order chi connectivity index (χ0) is 14.7. The van der Waals surface area contributed by atoms with E-state index < -0.39 is 0 Å². The van der Waals surface area contributed by atoms with E-state index >= 15 is 0 Å². The molecular formula is C16H20N2O2. The number of ether oxygens (including phenoxy) is 1. The number of aromatic nitrogens is 2. The van der Waals surface area contributed by atoms with E-state index in [-0.39, 0.29) is 5.78 Å². The molecule has 106 valence electrons. The van der Waals surface area contributed by atoms with Gasteiger partial charge < -0.3 is 4.74 Å². The number of rotatable bonds is 5. The quantitative estimate of drug-likeness (QED) is 0.786. The molecule has 0 unspecified atom stereocenters. The smallest absolute Gasteiger partial charge is 0.163 e. The van der Waals surface area contributed by atoms with Crippen LogP contribution in [0.5, 0.6) is 5.75 Å². The summed E-state index contributed by atoms with van der Waals surface area (Å²) in [6.07, 6.45) is 0.878. The molecule has 0 spiro atoms. The summed E-state index contributed by atoms with van der Waals surface area (Å²) in [6.45, 7) is 6.19. The molecule has 2 rings (SSSR count). The highest BCUT2D eigenvalue weighted by Gasteiger charge is 2.14. The maximum atomic E-state index is 11.6. The number of methoxy groups -OCH3 is 1. The predicted octanol–water partition coefficient (Wildman–Crippen LogP) is 2.95. The number of Topliss-reactive ketones (excluding diaryl/α,β-unsaturated/α-hetero) is 1. The number of nitrogens with zero attached hydrogens (tertiary/aromatic N) is 2. The van der Waals surface area contributed by atoms with Gasteiger partial charge in [0.25, 0.3) is 0 Å². The van der Waals surface area contributed by atoms with Gasteiger partial charge in [-0.05, 0) is 44.9 Å². The van der Waals surface area contributed by atoms with E-state index in [0.717, 1.165) is 35.7 Å². The van der Waals surface area contributed by atoms with Crippen molar-refractivity contribution in [1.29, 1.82) is 0 Å². The van der Waals surface area contributed by atoms with E-state index in [1.165, 1.54) is 5.56 Å². The van der Waals surface area contributed by atoms with Gasteiger partial charge in [0.05, 0.1) is 18.4 Å². The molecule has 0 amide bonds. The van der Waals surface area contributed by atoms with Crippen molar-refractivity contribution in [1.82, 2.24) is 9.78 Å². The normalized spacial score (nSPS) is 10.6. The van der Waals surface area contributed by atoms with Crippen molar-refractivity contribution >= 4 is 5.78 Å². The lowest BCUT2D eigenvalue weighted by Gasteiger charge is -2.06. The van der Waals surface area contributed by atoms with Gasteiger partial charge >= 0.3 is 0 Å². The fourth-order valence-corrected chi connectivity index (χ4v) is 2.45. The third kappa shape index (κ3) is 2.90. The third-order valence-electron chi connectivity index (χ3n) is 3.50. The first-order chi connectivity index (χ1) is 9.52. The molecule has 0 aliphatic heterocycles. The first-order valence-electron chi connectivity index (χ1n) is 6.70. The lowest BCUT2D eigenvalue weighted by atomic mass is 10.1. The van der Waals surface area contributed by atoms with Crippen molar-refractivity contribution in [2.45, 2.75) is 33.7 Å². The van der Waals surface area contributed by atoms with Crippen molar-refractivity contribution in [2.75, 3.05) is 7.11 Å². The summed E-state index contributed by atoms with van der Waals surface area (Å²) in [6, 6.07) is 8.02. The van der Waals surface area contributed by atoms with Gasteiger partial charge in [-0.3, -0.25) is 9.48 Å². The SMILES string of the molecule is COc1ccc(CCn2nc(C)c(C(C)=O)c2C)cc1. The summed E-state index contributed by atoms with van der Waals surface area (Å²) >= 11 is 0. The number of hydrogen-bond acceptors (Lipinski definition) is 3. The number of carbonyl (C=O) groups is 1. The minimum absolute atomic E-state index is 0.0793. The van der Waals surface area contributed by atoms with Gasteiger partial charge in [-0.15, -0.1) is 0 Å². The number of ketones is 1. The Hall–Kier alpha value is -2.10. The van der Waals surface area contributed by atoms with Crippen LogP contribution in [0.25, 0.3) is 0 Å². The van der Waals surface area contributed by atoms with Gasteiger partial charge in [0.15, 0.2) is 5.78 Å². The minimum Gasteiger partial charge on any atom is -0.497 e. The van der Waals surface area contributed by atoms with Gasteiger partial charge in [0, 0.05) is 12.2 Å². The average Bonchev–Trinajstić information content (AvgIpc) is 2.71. The molecule has 2 aromatic rings. The maximum absolute atomic E-state index is 11.6. The monoisotopic (exact) mass is 272 g/mol. The van der Waals surface area contributed by atoms with Gasteiger partial charge in [0.1, 0.15) is 5.75 Å². The Kier molecular flexibility index (Phi) is 4.23. The molecule has 0 fully saturated rings. The van der Waals surface area contributed by atoms with Crippen molar-refractivity contribution in [3.8, 4) is 5.75 Å². The molecule has 1 heterocycles. The van der Waals surface area contributed by atoms with Gasteiger partial charge in [-0.2, -0.15) is 5.10 Å². The van der Waals surface area contributed by atoms with Crippen molar-refractivity contribution in [3.63, 3.8) is 0 Å². The zero-order valence-corrected chi connectivity index (χ0v) is 12.4. The van der Waals surface area contributed by atoms with Crippen LogP contribution < -0.4 is 4.74 Å². The molecule has 0 aliphatic carbocycles. The maximum Gasteiger partial charge on any atom is 0.163 e. The summed E-state index contributed by atoms with van der Waals surface area (Å²) in [5.74, 6) is 0.939. The molecule has 4 nitrogen and oxygen atoms in total. The fourth-order valence-electron chi connectivity index (χ4n) is 2.45. The second-order valence-corrected chi connectivity index (χ2v) is 4.92. The van der Waals surface area contributed by atoms with Crippen molar-refractivity contribution in [3.05, 3.63) is 46.8 Å². The lowest BCUT2D eigenvalue weighted by Crippen LogP contribution is -2.06. The summed E-state index contributed by atoms with van der Waals surface area (Å²) in [5.41, 5.74) is 3.73.